The van der Waals surface area contributed by atoms with Gasteiger partial charge in [0.2, 0.25) is 0 Å². The number of nitrogens with one attached hydrogen (secondary N) is 1. The van der Waals surface area contributed by atoms with E-state index in [0.717, 1.165) is 31.8 Å². The van der Waals surface area contributed by atoms with Gasteiger partial charge in [0.1, 0.15) is 5.75 Å². The molecule has 3 aliphatic rings. The fourth-order valence-electron chi connectivity index (χ4n) is 4.44. The maximum absolute atomic E-state index is 11.1. The molecule has 0 radical (unpaired) electrons. The lowest BCUT2D eigenvalue weighted by molar-refractivity contribution is -0.139. The van der Waals surface area contributed by atoms with Crippen LogP contribution in [0.25, 0.3) is 0 Å². The van der Waals surface area contributed by atoms with Gasteiger partial charge >= 0.3 is 5.97 Å². The molecule has 1 aromatic carbocycles. The topological polar surface area (TPSA) is 61.8 Å². The smallest absolute Gasteiger partial charge is 0.306 e. The predicted molar refractivity (Wildman–Crippen MR) is 87.8 cm³/mol. The van der Waals surface area contributed by atoms with Crippen LogP contribution < -0.4 is 10.1 Å². The second-order valence-electron chi connectivity index (χ2n) is 7.09. The number of carbonyl (C=O) groups is 1. The van der Waals surface area contributed by atoms with E-state index in [1.807, 2.05) is 6.07 Å². The van der Waals surface area contributed by atoms with Crippen LogP contribution in [0.2, 0.25) is 0 Å². The number of carboxylic acid groups (broad SMARTS) is 1. The van der Waals surface area contributed by atoms with Gasteiger partial charge in [0, 0.05) is 18.8 Å². The van der Waals surface area contributed by atoms with Gasteiger partial charge in [-0.1, -0.05) is 0 Å². The van der Waals surface area contributed by atoms with E-state index >= 15 is 0 Å². The van der Waals surface area contributed by atoms with Crippen molar-refractivity contribution in [2.24, 2.45) is 17.8 Å². The summed E-state index contributed by atoms with van der Waals surface area (Å²) < 4.78 is 5.37. The summed E-state index contributed by atoms with van der Waals surface area (Å²) in [4.78, 5) is 13.7. The molecule has 124 valence electrons. The Morgan fingerprint density at radius 2 is 2.30 bits per heavy atom. The molecule has 0 bridgehead atoms. The van der Waals surface area contributed by atoms with Gasteiger partial charge < -0.3 is 15.2 Å². The molecule has 4 rings (SSSR count). The van der Waals surface area contributed by atoms with Crippen molar-refractivity contribution in [3.8, 4) is 5.75 Å². The van der Waals surface area contributed by atoms with Gasteiger partial charge in [-0.25, -0.2) is 0 Å². The third kappa shape index (κ3) is 2.67. The molecular weight excluding hydrogens is 292 g/mol. The number of carboxylic acids is 1. The SMILES string of the molecule is COc1ccc2c(c1)C(N1CCCC(C3CC3C(=O)O)C1)CN2. The lowest BCUT2D eigenvalue weighted by Gasteiger charge is -2.37. The summed E-state index contributed by atoms with van der Waals surface area (Å²) in [5, 5.41) is 12.7. The molecule has 2 heterocycles. The Morgan fingerprint density at radius 3 is 3.04 bits per heavy atom. The highest BCUT2D eigenvalue weighted by atomic mass is 16.5. The van der Waals surface area contributed by atoms with Crippen molar-refractivity contribution in [3.63, 3.8) is 0 Å². The zero-order chi connectivity index (χ0) is 16.0. The lowest BCUT2D eigenvalue weighted by Crippen LogP contribution is -2.40. The highest BCUT2D eigenvalue weighted by Gasteiger charge is 2.49. The molecule has 1 saturated carbocycles. The quantitative estimate of drug-likeness (QED) is 0.894. The van der Waals surface area contributed by atoms with Crippen molar-refractivity contribution in [2.45, 2.75) is 25.3 Å². The highest BCUT2D eigenvalue weighted by Crippen LogP contribution is 2.48. The standard InChI is InChI=1S/C18H24N2O3/c1-23-12-4-5-16-15(7-12)17(9-19-16)20-6-2-3-11(10-20)13-8-14(13)18(21)22/h4-5,7,11,13-14,17,19H,2-3,6,8-10H2,1H3,(H,21,22). The summed E-state index contributed by atoms with van der Waals surface area (Å²) in [6, 6.07) is 6.61. The van der Waals surface area contributed by atoms with Crippen molar-refractivity contribution in [1.82, 2.24) is 4.90 Å². The first-order valence-corrected chi connectivity index (χ1v) is 8.56. The lowest BCUT2D eigenvalue weighted by atomic mass is 9.90. The van der Waals surface area contributed by atoms with Crippen LogP contribution in [0.1, 0.15) is 30.9 Å². The number of hydrogen-bond donors (Lipinski definition) is 2. The van der Waals surface area contributed by atoms with E-state index in [1.165, 1.54) is 24.1 Å². The number of ether oxygens (including phenoxy) is 1. The minimum absolute atomic E-state index is 0.0889. The Kier molecular flexibility index (Phi) is 3.68. The van der Waals surface area contributed by atoms with E-state index in [0.29, 0.717) is 17.9 Å². The van der Waals surface area contributed by atoms with Crippen molar-refractivity contribution in [1.29, 1.82) is 0 Å². The monoisotopic (exact) mass is 316 g/mol. The number of methoxy groups -OCH3 is 1. The van der Waals surface area contributed by atoms with Crippen molar-refractivity contribution in [2.75, 3.05) is 32.1 Å². The first kappa shape index (κ1) is 14.8. The zero-order valence-electron chi connectivity index (χ0n) is 13.5. The van der Waals surface area contributed by atoms with Crippen LogP contribution in [-0.2, 0) is 4.79 Å². The van der Waals surface area contributed by atoms with Gasteiger partial charge in [0.25, 0.3) is 0 Å². The van der Waals surface area contributed by atoms with Gasteiger partial charge in [-0.15, -0.1) is 0 Å². The Labute approximate surface area is 136 Å². The molecule has 0 aromatic heterocycles. The van der Waals surface area contributed by atoms with Crippen LogP contribution in [0.4, 0.5) is 5.69 Å². The van der Waals surface area contributed by atoms with E-state index in [1.54, 1.807) is 7.11 Å². The maximum atomic E-state index is 11.1. The summed E-state index contributed by atoms with van der Waals surface area (Å²) in [5.41, 5.74) is 2.52. The number of fused-ring (bicyclic) bond motifs is 1. The summed E-state index contributed by atoms with van der Waals surface area (Å²) in [6.07, 6.45) is 3.22. The van der Waals surface area contributed by atoms with Crippen molar-refractivity contribution < 1.29 is 14.6 Å². The molecular formula is C18H24N2O3. The first-order valence-electron chi connectivity index (χ1n) is 8.56. The molecule has 2 fully saturated rings. The van der Waals surface area contributed by atoms with Gasteiger partial charge in [-0.2, -0.15) is 0 Å². The molecule has 4 unspecified atom stereocenters. The molecule has 2 aliphatic heterocycles. The van der Waals surface area contributed by atoms with E-state index in [4.69, 9.17) is 4.74 Å². The number of aliphatic carboxylic acids is 1. The largest absolute Gasteiger partial charge is 0.497 e. The molecule has 1 aliphatic carbocycles. The average molecular weight is 316 g/mol. The fraction of sp³-hybridized carbons (Fsp3) is 0.611. The summed E-state index contributed by atoms with van der Waals surface area (Å²) in [6.45, 7) is 3.06. The number of nitrogens with zero attached hydrogens (tertiary/aromatic N) is 1. The van der Waals surface area contributed by atoms with Crippen LogP contribution in [-0.4, -0.2) is 42.7 Å². The molecule has 5 nitrogen and oxygen atoms in total. The number of anilines is 1. The number of rotatable bonds is 4. The van der Waals surface area contributed by atoms with E-state index in [9.17, 15) is 9.90 Å². The van der Waals surface area contributed by atoms with Crippen molar-refractivity contribution in [3.05, 3.63) is 23.8 Å². The minimum atomic E-state index is -0.607. The molecule has 0 amide bonds. The molecule has 1 aromatic rings. The second kappa shape index (κ2) is 5.71. The maximum Gasteiger partial charge on any atom is 0.306 e. The molecule has 0 spiro atoms. The Hall–Kier alpha value is -1.75. The van der Waals surface area contributed by atoms with Crippen LogP contribution in [0.15, 0.2) is 18.2 Å². The summed E-state index contributed by atoms with van der Waals surface area (Å²) >= 11 is 0. The predicted octanol–water partition coefficient (Wildman–Crippen LogP) is 2.59. The molecule has 23 heavy (non-hydrogen) atoms. The molecule has 2 N–H and O–H groups in total. The van der Waals surface area contributed by atoms with Crippen LogP contribution in [0.3, 0.4) is 0 Å². The Bertz CT molecular complexity index is 618. The number of hydrogen-bond acceptors (Lipinski definition) is 4. The van der Waals surface area contributed by atoms with Crippen LogP contribution in [0, 0.1) is 17.8 Å². The molecule has 5 heteroatoms. The second-order valence-corrected chi connectivity index (χ2v) is 7.09. The number of piperidine rings is 1. The minimum Gasteiger partial charge on any atom is -0.497 e. The first-order chi connectivity index (χ1) is 11.2. The van der Waals surface area contributed by atoms with Crippen LogP contribution >= 0.6 is 0 Å². The summed E-state index contributed by atoms with van der Waals surface area (Å²) in [5.74, 6) is 1.15. The normalized spacial score (nSPS) is 32.9. The Morgan fingerprint density at radius 1 is 1.43 bits per heavy atom. The van der Waals surface area contributed by atoms with Crippen molar-refractivity contribution >= 4 is 11.7 Å². The van der Waals surface area contributed by atoms with Gasteiger partial charge in [0.05, 0.1) is 19.1 Å². The zero-order valence-corrected chi connectivity index (χ0v) is 13.5. The van der Waals surface area contributed by atoms with E-state index in [2.05, 4.69) is 22.3 Å². The van der Waals surface area contributed by atoms with Crippen LogP contribution in [0.5, 0.6) is 5.75 Å². The number of likely N-dealkylation sites (tertiary alicyclic amines) is 1. The average Bonchev–Trinajstić information content (AvgIpc) is 3.28. The highest BCUT2D eigenvalue weighted by molar-refractivity contribution is 5.73. The van der Waals surface area contributed by atoms with E-state index < -0.39 is 5.97 Å². The third-order valence-electron chi connectivity index (χ3n) is 5.80. The van der Waals surface area contributed by atoms with Gasteiger partial charge in [-0.3, -0.25) is 9.69 Å². The molecule has 4 atom stereocenters. The van der Waals surface area contributed by atoms with Gasteiger partial charge in [0.15, 0.2) is 0 Å². The van der Waals surface area contributed by atoms with Gasteiger partial charge in [-0.05, 0) is 61.4 Å². The number of benzene rings is 1. The Balaban J connectivity index is 1.48. The summed E-state index contributed by atoms with van der Waals surface area (Å²) in [7, 11) is 1.70. The third-order valence-corrected chi connectivity index (χ3v) is 5.80. The fourth-order valence-corrected chi connectivity index (χ4v) is 4.44. The van der Waals surface area contributed by atoms with E-state index in [-0.39, 0.29) is 5.92 Å². The molecule has 1 saturated heterocycles.